The second-order valence-corrected chi connectivity index (χ2v) is 7.54. The number of amides is 1. The normalized spacial score (nSPS) is 15.9. The number of anilines is 2. The molecule has 0 saturated heterocycles. The van der Waals surface area contributed by atoms with Gasteiger partial charge in [0, 0.05) is 18.7 Å². The number of aliphatic imine (C=N–C) groups is 1. The number of nitrogens with zero attached hydrogens (tertiary/aromatic N) is 3. The van der Waals surface area contributed by atoms with Crippen molar-refractivity contribution in [1.82, 2.24) is 9.71 Å². The first-order chi connectivity index (χ1) is 12.9. The molecular formula is C18H21N5O3S. The fourth-order valence-electron chi connectivity index (χ4n) is 2.80. The van der Waals surface area contributed by atoms with E-state index in [2.05, 4.69) is 38.8 Å². The van der Waals surface area contributed by atoms with Crippen LogP contribution in [-0.4, -0.2) is 44.8 Å². The molecule has 1 amide bonds. The van der Waals surface area contributed by atoms with Crippen LogP contribution in [0.15, 0.2) is 52.5 Å². The summed E-state index contributed by atoms with van der Waals surface area (Å²) in [5, 5.41) is 2.71. The highest BCUT2D eigenvalue weighted by molar-refractivity contribution is 7.90. The summed E-state index contributed by atoms with van der Waals surface area (Å²) >= 11 is 0. The molecule has 1 aliphatic rings. The molecule has 1 aromatic carbocycles. The highest BCUT2D eigenvalue weighted by Crippen LogP contribution is 2.22. The van der Waals surface area contributed by atoms with E-state index in [1.54, 1.807) is 30.5 Å². The molecule has 2 aromatic rings. The maximum Gasteiger partial charge on any atom is 0.263 e. The van der Waals surface area contributed by atoms with Crippen molar-refractivity contribution in [2.24, 2.45) is 4.99 Å². The third kappa shape index (κ3) is 4.08. The van der Waals surface area contributed by atoms with E-state index in [-0.39, 0.29) is 23.2 Å². The van der Waals surface area contributed by atoms with Crippen LogP contribution in [0.25, 0.3) is 0 Å². The molecule has 0 unspecified atom stereocenters. The maximum atomic E-state index is 12.1. The molecule has 27 heavy (non-hydrogen) atoms. The number of pyridine rings is 1. The lowest BCUT2D eigenvalue weighted by Gasteiger charge is -2.19. The summed E-state index contributed by atoms with van der Waals surface area (Å²) in [7, 11) is -3.61. The van der Waals surface area contributed by atoms with Gasteiger partial charge < -0.3 is 10.2 Å². The fourth-order valence-corrected chi connectivity index (χ4v) is 4.05. The minimum atomic E-state index is -3.61. The highest BCUT2D eigenvalue weighted by Gasteiger charge is 2.30. The molecule has 2 heterocycles. The SMILES string of the molecule is CCN(CC)c1ccc(NC(=O)CN=C2NS(=O)(=O)c3ccccc32)cn1. The molecule has 8 nitrogen and oxygen atoms in total. The zero-order valence-electron chi connectivity index (χ0n) is 15.1. The largest absolute Gasteiger partial charge is 0.357 e. The monoisotopic (exact) mass is 387 g/mol. The first-order valence-corrected chi connectivity index (χ1v) is 10.1. The van der Waals surface area contributed by atoms with E-state index in [9.17, 15) is 13.2 Å². The van der Waals surface area contributed by atoms with Crippen LogP contribution < -0.4 is 14.9 Å². The number of carbonyl (C=O) groups excluding carboxylic acids is 1. The smallest absolute Gasteiger partial charge is 0.263 e. The lowest BCUT2D eigenvalue weighted by Crippen LogP contribution is -2.24. The number of fused-ring (bicyclic) bond motifs is 1. The van der Waals surface area contributed by atoms with Gasteiger partial charge in [-0.15, -0.1) is 0 Å². The Kier molecular flexibility index (Phi) is 5.41. The Balaban J connectivity index is 1.66. The first kappa shape index (κ1) is 18.8. The summed E-state index contributed by atoms with van der Waals surface area (Å²) in [4.78, 5) is 22.9. The van der Waals surface area contributed by atoms with Crippen molar-refractivity contribution in [3.05, 3.63) is 48.2 Å². The van der Waals surface area contributed by atoms with Gasteiger partial charge in [-0.25, -0.2) is 13.4 Å². The van der Waals surface area contributed by atoms with Crippen LogP contribution in [0.5, 0.6) is 0 Å². The summed E-state index contributed by atoms with van der Waals surface area (Å²) in [6.07, 6.45) is 1.59. The molecule has 0 atom stereocenters. The molecule has 0 bridgehead atoms. The van der Waals surface area contributed by atoms with Gasteiger partial charge in [-0.2, -0.15) is 0 Å². The molecule has 1 aromatic heterocycles. The van der Waals surface area contributed by atoms with Crippen molar-refractivity contribution in [3.8, 4) is 0 Å². The van der Waals surface area contributed by atoms with Crippen molar-refractivity contribution in [2.75, 3.05) is 29.9 Å². The number of amidine groups is 1. The standard InChI is InChI=1S/C18H21N5O3S/c1-3-23(4-2)16-10-9-13(11-19-16)21-17(24)12-20-18-14-7-5-6-8-15(14)27(25,26)22-18/h5-11H,3-4,12H2,1-2H3,(H,20,22)(H,21,24). The number of rotatable bonds is 6. The molecule has 0 saturated carbocycles. The number of sulfonamides is 1. The van der Waals surface area contributed by atoms with Gasteiger partial charge in [0.1, 0.15) is 18.2 Å². The number of hydrogen-bond donors (Lipinski definition) is 2. The number of benzene rings is 1. The summed E-state index contributed by atoms with van der Waals surface area (Å²) in [5.41, 5.74) is 1.03. The lowest BCUT2D eigenvalue weighted by atomic mass is 10.2. The van der Waals surface area contributed by atoms with Crippen molar-refractivity contribution < 1.29 is 13.2 Å². The van der Waals surface area contributed by atoms with Gasteiger partial charge in [-0.3, -0.25) is 14.5 Å². The van der Waals surface area contributed by atoms with Gasteiger partial charge in [-0.1, -0.05) is 12.1 Å². The Hall–Kier alpha value is -2.94. The van der Waals surface area contributed by atoms with Crippen molar-refractivity contribution in [2.45, 2.75) is 18.7 Å². The number of aromatic nitrogens is 1. The third-order valence-electron chi connectivity index (χ3n) is 4.16. The van der Waals surface area contributed by atoms with Crippen LogP contribution in [0.4, 0.5) is 11.5 Å². The average Bonchev–Trinajstić information content (AvgIpc) is 2.93. The topological polar surface area (TPSA) is 104 Å². The first-order valence-electron chi connectivity index (χ1n) is 8.62. The van der Waals surface area contributed by atoms with Gasteiger partial charge in [0.25, 0.3) is 10.0 Å². The third-order valence-corrected chi connectivity index (χ3v) is 5.56. The van der Waals surface area contributed by atoms with E-state index in [0.717, 1.165) is 18.9 Å². The van der Waals surface area contributed by atoms with E-state index < -0.39 is 10.0 Å². The average molecular weight is 387 g/mol. The van der Waals surface area contributed by atoms with E-state index >= 15 is 0 Å². The molecule has 1 aliphatic heterocycles. The molecule has 0 radical (unpaired) electrons. The summed E-state index contributed by atoms with van der Waals surface area (Å²) in [5.74, 6) is 0.662. The van der Waals surface area contributed by atoms with Gasteiger partial charge in [0.05, 0.1) is 16.8 Å². The zero-order chi connectivity index (χ0) is 19.4. The number of hydrogen-bond acceptors (Lipinski definition) is 6. The van der Waals surface area contributed by atoms with Crippen molar-refractivity contribution in [3.63, 3.8) is 0 Å². The minimum absolute atomic E-state index is 0.167. The Morgan fingerprint density at radius 1 is 1.19 bits per heavy atom. The molecule has 0 aliphatic carbocycles. The van der Waals surface area contributed by atoms with Crippen LogP contribution in [0.2, 0.25) is 0 Å². The molecule has 142 valence electrons. The quantitative estimate of drug-likeness (QED) is 0.784. The maximum absolute atomic E-state index is 12.1. The fraction of sp³-hybridized carbons (Fsp3) is 0.278. The number of nitrogens with one attached hydrogen (secondary N) is 2. The van der Waals surface area contributed by atoms with Crippen LogP contribution in [-0.2, 0) is 14.8 Å². The molecule has 3 rings (SSSR count). The summed E-state index contributed by atoms with van der Waals surface area (Å²) in [6.45, 7) is 5.60. The van der Waals surface area contributed by atoms with E-state index in [4.69, 9.17) is 0 Å². The second-order valence-electron chi connectivity index (χ2n) is 5.89. The van der Waals surface area contributed by atoms with Crippen LogP contribution in [0, 0.1) is 0 Å². The zero-order valence-corrected chi connectivity index (χ0v) is 16.0. The predicted molar refractivity (Wildman–Crippen MR) is 105 cm³/mol. The summed E-state index contributed by atoms with van der Waals surface area (Å²) in [6, 6.07) is 10.1. The van der Waals surface area contributed by atoms with Crippen LogP contribution >= 0.6 is 0 Å². The molecule has 0 fully saturated rings. The molecule has 2 N–H and O–H groups in total. The van der Waals surface area contributed by atoms with Gasteiger partial charge in [0.15, 0.2) is 0 Å². The molecular weight excluding hydrogens is 366 g/mol. The van der Waals surface area contributed by atoms with Gasteiger partial charge in [-0.05, 0) is 38.1 Å². The van der Waals surface area contributed by atoms with Crippen molar-refractivity contribution >= 4 is 33.3 Å². The van der Waals surface area contributed by atoms with E-state index in [0.29, 0.717) is 11.3 Å². The Morgan fingerprint density at radius 2 is 1.93 bits per heavy atom. The summed E-state index contributed by atoms with van der Waals surface area (Å²) < 4.78 is 26.4. The predicted octanol–water partition coefficient (Wildman–Crippen LogP) is 1.60. The van der Waals surface area contributed by atoms with Crippen LogP contribution in [0.1, 0.15) is 19.4 Å². The van der Waals surface area contributed by atoms with E-state index in [1.807, 2.05) is 6.07 Å². The molecule has 9 heteroatoms. The number of carbonyl (C=O) groups is 1. The van der Waals surface area contributed by atoms with Gasteiger partial charge >= 0.3 is 0 Å². The highest BCUT2D eigenvalue weighted by atomic mass is 32.2. The van der Waals surface area contributed by atoms with Gasteiger partial charge in [0.2, 0.25) is 5.91 Å². The van der Waals surface area contributed by atoms with Crippen molar-refractivity contribution in [1.29, 1.82) is 0 Å². The van der Waals surface area contributed by atoms with Crippen LogP contribution in [0.3, 0.4) is 0 Å². The minimum Gasteiger partial charge on any atom is -0.357 e. The Morgan fingerprint density at radius 3 is 2.59 bits per heavy atom. The second kappa shape index (κ2) is 7.75. The molecule has 0 spiro atoms. The lowest BCUT2D eigenvalue weighted by molar-refractivity contribution is -0.114. The Labute approximate surface area is 158 Å². The van der Waals surface area contributed by atoms with E-state index in [1.165, 1.54) is 6.07 Å². The Bertz CT molecular complexity index is 967.